The van der Waals surface area contributed by atoms with Crippen molar-refractivity contribution in [3.63, 3.8) is 0 Å². The summed E-state index contributed by atoms with van der Waals surface area (Å²) in [5, 5.41) is 2.08. The molecule has 3 heterocycles. The van der Waals surface area contributed by atoms with Crippen LogP contribution in [0.3, 0.4) is 0 Å². The second-order valence-electron chi connectivity index (χ2n) is 10.1. The second kappa shape index (κ2) is 11.2. The van der Waals surface area contributed by atoms with Crippen molar-refractivity contribution in [2.45, 2.75) is 44.7 Å². The van der Waals surface area contributed by atoms with Gasteiger partial charge in [0.1, 0.15) is 5.82 Å². The van der Waals surface area contributed by atoms with Crippen molar-refractivity contribution in [1.82, 2.24) is 14.7 Å². The van der Waals surface area contributed by atoms with Gasteiger partial charge in [-0.15, -0.1) is 11.3 Å². The van der Waals surface area contributed by atoms with Crippen LogP contribution in [0.15, 0.2) is 66.0 Å². The number of hydrogen-bond donors (Lipinski definition) is 0. The summed E-state index contributed by atoms with van der Waals surface area (Å²) in [6, 6.07) is 18.6. The van der Waals surface area contributed by atoms with Crippen LogP contribution < -0.4 is 0 Å². The Balaban J connectivity index is 1.27. The van der Waals surface area contributed by atoms with E-state index < -0.39 is 0 Å². The first-order valence-corrected chi connectivity index (χ1v) is 14.0. The molecule has 0 saturated carbocycles. The van der Waals surface area contributed by atoms with Gasteiger partial charge in [-0.3, -0.25) is 14.5 Å². The topological polar surface area (TPSA) is 43.9 Å². The Morgan fingerprint density at radius 1 is 1.05 bits per heavy atom. The lowest BCUT2D eigenvalue weighted by Crippen LogP contribution is -2.57. The molecule has 7 heteroatoms. The molecule has 1 saturated heterocycles. The molecule has 0 spiro atoms. The third-order valence-corrected chi connectivity index (χ3v) is 8.74. The minimum atomic E-state index is -0.262. The summed E-state index contributed by atoms with van der Waals surface area (Å²) in [7, 11) is 0. The summed E-state index contributed by atoms with van der Waals surface area (Å²) in [6.45, 7) is 6.70. The number of hydrogen-bond acceptors (Lipinski definition) is 4. The fourth-order valence-electron chi connectivity index (χ4n) is 5.83. The maximum atomic E-state index is 14.1. The highest BCUT2D eigenvalue weighted by Crippen LogP contribution is 2.38. The van der Waals surface area contributed by atoms with Gasteiger partial charge in [0.25, 0.3) is 0 Å². The van der Waals surface area contributed by atoms with Gasteiger partial charge in [-0.1, -0.05) is 49.4 Å². The monoisotopic (exact) mass is 519 g/mol. The summed E-state index contributed by atoms with van der Waals surface area (Å²) in [5.74, 6) is -0.220. The zero-order valence-electron chi connectivity index (χ0n) is 21.5. The molecule has 2 aromatic carbocycles. The second-order valence-corrected chi connectivity index (χ2v) is 11.1. The average Bonchev–Trinajstić information content (AvgIpc) is 3.38. The van der Waals surface area contributed by atoms with Crippen LogP contribution in [-0.4, -0.2) is 65.3 Å². The number of thiophene rings is 1. The molecule has 0 unspecified atom stereocenters. The highest BCUT2D eigenvalue weighted by Gasteiger charge is 2.36. The average molecular weight is 520 g/mol. The highest BCUT2D eigenvalue weighted by atomic mass is 32.1. The van der Waals surface area contributed by atoms with Crippen LogP contribution in [0, 0.1) is 5.82 Å². The number of benzene rings is 2. The first-order valence-electron chi connectivity index (χ1n) is 13.1. The predicted octanol–water partition coefficient (Wildman–Crippen LogP) is 5.09. The zero-order chi connectivity index (χ0) is 25.9. The Kier molecular flexibility index (Phi) is 7.72. The van der Waals surface area contributed by atoms with Gasteiger partial charge in [0, 0.05) is 37.1 Å². The molecule has 0 bridgehead atoms. The first kappa shape index (κ1) is 25.6. The van der Waals surface area contributed by atoms with E-state index in [-0.39, 0.29) is 42.2 Å². The summed E-state index contributed by atoms with van der Waals surface area (Å²) in [4.78, 5) is 34.3. The maximum Gasteiger partial charge on any atom is 0.236 e. The van der Waals surface area contributed by atoms with Gasteiger partial charge in [-0.25, -0.2) is 4.39 Å². The van der Waals surface area contributed by atoms with Crippen molar-refractivity contribution in [2.24, 2.45) is 0 Å². The van der Waals surface area contributed by atoms with Crippen LogP contribution in [0.1, 0.15) is 53.8 Å². The van der Waals surface area contributed by atoms with E-state index in [1.54, 1.807) is 23.5 Å². The predicted molar refractivity (Wildman–Crippen MR) is 145 cm³/mol. The molecule has 3 atom stereocenters. The van der Waals surface area contributed by atoms with E-state index in [1.165, 1.54) is 16.5 Å². The molecule has 0 N–H and O–H groups in total. The van der Waals surface area contributed by atoms with Gasteiger partial charge in [0.2, 0.25) is 11.8 Å². The number of halogens is 1. The molecule has 1 fully saturated rings. The zero-order valence-corrected chi connectivity index (χ0v) is 22.3. The molecule has 0 aliphatic carbocycles. The molecule has 1 aromatic heterocycles. The van der Waals surface area contributed by atoms with Crippen LogP contribution in [0.4, 0.5) is 4.39 Å². The molecule has 194 valence electrons. The number of amides is 2. The quantitative estimate of drug-likeness (QED) is 0.456. The van der Waals surface area contributed by atoms with Gasteiger partial charge < -0.3 is 9.80 Å². The van der Waals surface area contributed by atoms with Crippen molar-refractivity contribution in [2.75, 3.05) is 32.7 Å². The van der Waals surface area contributed by atoms with E-state index in [2.05, 4.69) is 16.3 Å². The van der Waals surface area contributed by atoms with E-state index in [0.29, 0.717) is 19.6 Å². The molecule has 3 aromatic rings. The van der Waals surface area contributed by atoms with Crippen molar-refractivity contribution in [3.8, 4) is 0 Å². The van der Waals surface area contributed by atoms with E-state index in [9.17, 15) is 14.0 Å². The summed E-state index contributed by atoms with van der Waals surface area (Å²) in [5.41, 5.74) is 3.09. The summed E-state index contributed by atoms with van der Waals surface area (Å²) < 4.78 is 14.1. The number of fused-ring (bicyclic) bond motifs is 1. The highest BCUT2D eigenvalue weighted by molar-refractivity contribution is 7.10. The van der Waals surface area contributed by atoms with E-state index in [0.717, 1.165) is 30.5 Å². The van der Waals surface area contributed by atoms with Crippen LogP contribution in [0.5, 0.6) is 0 Å². The summed E-state index contributed by atoms with van der Waals surface area (Å²) in [6.07, 6.45) is 1.64. The SMILES string of the molecule is CC[C@H](C(=O)N1CCN(C(=O)CN2CCc3sccc3[C@H]2c2cccc(F)c2)C[C@@H]1C)c1ccccc1. The number of nitrogens with zero attached hydrogens (tertiary/aromatic N) is 3. The van der Waals surface area contributed by atoms with E-state index >= 15 is 0 Å². The number of rotatable bonds is 6. The number of piperazine rings is 1. The van der Waals surface area contributed by atoms with Crippen molar-refractivity contribution < 1.29 is 14.0 Å². The molecular weight excluding hydrogens is 485 g/mol. The largest absolute Gasteiger partial charge is 0.338 e. The van der Waals surface area contributed by atoms with E-state index in [1.807, 2.05) is 60.0 Å². The minimum Gasteiger partial charge on any atom is -0.338 e. The Labute approximate surface area is 222 Å². The molecule has 37 heavy (non-hydrogen) atoms. The smallest absolute Gasteiger partial charge is 0.236 e. The van der Waals surface area contributed by atoms with Gasteiger partial charge >= 0.3 is 0 Å². The lowest BCUT2D eigenvalue weighted by molar-refractivity contribution is -0.144. The Hall–Kier alpha value is -3.03. The summed E-state index contributed by atoms with van der Waals surface area (Å²) >= 11 is 1.73. The third kappa shape index (κ3) is 5.34. The standard InChI is InChI=1S/C30H34FN3O2S/c1-3-25(22-8-5-4-6-9-22)30(36)34-16-15-32(19-21(34)2)28(35)20-33-14-12-27-26(13-17-37-27)29(33)23-10-7-11-24(31)18-23/h4-11,13,17-18,21,25,29H,3,12,14-16,19-20H2,1-2H3/t21-,25-,29+/m0/s1. The van der Waals surface area contributed by atoms with Crippen LogP contribution in [0.2, 0.25) is 0 Å². The molecular formula is C30H34FN3O2S. The lowest BCUT2D eigenvalue weighted by Gasteiger charge is -2.42. The Morgan fingerprint density at radius 2 is 1.86 bits per heavy atom. The maximum absolute atomic E-state index is 14.1. The third-order valence-electron chi connectivity index (χ3n) is 7.74. The number of carbonyl (C=O) groups excluding carboxylic acids is 2. The normalized spacial score (nSPS) is 20.9. The molecule has 0 radical (unpaired) electrons. The van der Waals surface area contributed by atoms with Crippen molar-refractivity contribution in [3.05, 3.63) is 93.4 Å². The van der Waals surface area contributed by atoms with Crippen LogP contribution in [0.25, 0.3) is 0 Å². The Morgan fingerprint density at radius 3 is 2.59 bits per heavy atom. The van der Waals surface area contributed by atoms with Crippen LogP contribution in [-0.2, 0) is 16.0 Å². The molecule has 5 rings (SSSR count). The fraction of sp³-hybridized carbons (Fsp3) is 0.400. The molecule has 2 aliphatic heterocycles. The van der Waals surface area contributed by atoms with Gasteiger partial charge in [-0.05, 0) is 60.0 Å². The minimum absolute atomic E-state index is 0.0492. The van der Waals surface area contributed by atoms with Crippen molar-refractivity contribution >= 4 is 23.2 Å². The lowest BCUT2D eigenvalue weighted by atomic mass is 9.93. The Bertz CT molecular complexity index is 1250. The first-order chi connectivity index (χ1) is 18.0. The fourth-order valence-corrected chi connectivity index (χ4v) is 6.73. The number of carbonyl (C=O) groups is 2. The van der Waals surface area contributed by atoms with Crippen molar-refractivity contribution in [1.29, 1.82) is 0 Å². The van der Waals surface area contributed by atoms with Gasteiger partial charge in [-0.2, -0.15) is 0 Å². The molecule has 2 amide bonds. The van der Waals surface area contributed by atoms with Gasteiger partial charge in [0.15, 0.2) is 0 Å². The molecule has 5 nitrogen and oxygen atoms in total. The van der Waals surface area contributed by atoms with E-state index in [4.69, 9.17) is 0 Å². The van der Waals surface area contributed by atoms with Gasteiger partial charge in [0.05, 0.1) is 18.5 Å². The molecule has 2 aliphatic rings. The van der Waals surface area contributed by atoms with Crippen LogP contribution >= 0.6 is 11.3 Å².